The molecule has 0 spiro atoms. The summed E-state index contributed by atoms with van der Waals surface area (Å²) in [7, 11) is 0. The molecule has 0 aliphatic rings. The van der Waals surface area contributed by atoms with E-state index in [1.807, 2.05) is 0 Å². The normalized spacial score (nSPS) is 10.0. The van der Waals surface area contributed by atoms with Crippen LogP contribution in [0, 0.1) is 5.82 Å². The Morgan fingerprint density at radius 3 is 2.69 bits per heavy atom. The monoisotopic (exact) mass is 203 g/mol. The highest BCUT2D eigenvalue weighted by Gasteiger charge is 2.08. The molecule has 1 rings (SSSR count). The van der Waals surface area contributed by atoms with Gasteiger partial charge in [0.05, 0.1) is 17.1 Å². The molecule has 3 nitrogen and oxygen atoms in total. The van der Waals surface area contributed by atoms with Crippen molar-refractivity contribution in [2.24, 2.45) is 0 Å². The molecule has 0 bridgehead atoms. The summed E-state index contributed by atoms with van der Waals surface area (Å²) >= 11 is 5.54. The highest BCUT2D eigenvalue weighted by atomic mass is 35.5. The number of hydrogen-bond acceptors (Lipinski definition) is 2. The van der Waals surface area contributed by atoms with Crippen LogP contribution in [-0.2, 0) is 11.2 Å². The largest absolute Gasteiger partial charge is 0.481 e. The van der Waals surface area contributed by atoms with E-state index in [0.29, 0.717) is 5.56 Å². The predicted molar refractivity (Wildman–Crippen MR) is 47.2 cm³/mol. The number of carboxylic acid groups (broad SMARTS) is 1. The van der Waals surface area contributed by atoms with Crippen molar-refractivity contribution in [1.82, 2.24) is 0 Å². The van der Waals surface area contributed by atoms with E-state index in [4.69, 9.17) is 22.4 Å². The topological polar surface area (TPSA) is 63.3 Å². The summed E-state index contributed by atoms with van der Waals surface area (Å²) in [6.07, 6.45) is -0.267. The van der Waals surface area contributed by atoms with Gasteiger partial charge in [0.1, 0.15) is 5.82 Å². The Morgan fingerprint density at radius 2 is 2.23 bits per heavy atom. The first kappa shape index (κ1) is 9.80. The average molecular weight is 204 g/mol. The second-order valence-corrected chi connectivity index (χ2v) is 2.95. The summed E-state index contributed by atoms with van der Waals surface area (Å²) in [5.41, 5.74) is 5.37. The lowest BCUT2D eigenvalue weighted by Crippen LogP contribution is -2.02. The minimum Gasteiger partial charge on any atom is -0.481 e. The summed E-state index contributed by atoms with van der Waals surface area (Å²) in [6.45, 7) is 0. The molecule has 3 N–H and O–H groups in total. The molecule has 0 amide bonds. The van der Waals surface area contributed by atoms with Crippen LogP contribution in [0.2, 0.25) is 5.02 Å². The minimum absolute atomic E-state index is 0.0382. The molecule has 0 aromatic heterocycles. The molecule has 70 valence electrons. The van der Waals surface area contributed by atoms with Gasteiger partial charge in [-0.05, 0) is 17.7 Å². The Hall–Kier alpha value is -1.29. The molecule has 0 unspecified atom stereocenters. The maximum Gasteiger partial charge on any atom is 0.307 e. The Kier molecular flexibility index (Phi) is 2.72. The van der Waals surface area contributed by atoms with Gasteiger partial charge in [-0.15, -0.1) is 0 Å². The molecule has 1 aromatic rings. The number of anilines is 1. The number of hydrogen-bond donors (Lipinski definition) is 2. The Morgan fingerprint density at radius 1 is 1.62 bits per heavy atom. The van der Waals surface area contributed by atoms with Crippen LogP contribution >= 0.6 is 11.6 Å². The third kappa shape index (κ3) is 2.32. The van der Waals surface area contributed by atoms with E-state index in [-0.39, 0.29) is 17.1 Å². The number of carbonyl (C=O) groups is 1. The van der Waals surface area contributed by atoms with Crippen molar-refractivity contribution >= 4 is 23.3 Å². The SMILES string of the molecule is Nc1c(F)cc(CC(=O)O)cc1Cl. The van der Waals surface area contributed by atoms with Crippen LogP contribution in [0.25, 0.3) is 0 Å². The van der Waals surface area contributed by atoms with Gasteiger partial charge in [-0.25, -0.2) is 4.39 Å². The quantitative estimate of drug-likeness (QED) is 0.719. The number of nitrogen functional groups attached to an aromatic ring is 1. The van der Waals surface area contributed by atoms with E-state index in [1.54, 1.807) is 0 Å². The number of rotatable bonds is 2. The molecule has 0 aliphatic heterocycles. The van der Waals surface area contributed by atoms with Gasteiger partial charge in [-0.2, -0.15) is 0 Å². The fraction of sp³-hybridized carbons (Fsp3) is 0.125. The molecule has 5 heteroatoms. The summed E-state index contributed by atoms with van der Waals surface area (Å²) in [5.74, 6) is -1.73. The maximum absolute atomic E-state index is 12.9. The van der Waals surface area contributed by atoms with Crippen molar-refractivity contribution in [3.05, 3.63) is 28.5 Å². The van der Waals surface area contributed by atoms with Crippen molar-refractivity contribution in [3.63, 3.8) is 0 Å². The van der Waals surface area contributed by atoms with Gasteiger partial charge in [0.25, 0.3) is 0 Å². The second kappa shape index (κ2) is 3.62. The lowest BCUT2D eigenvalue weighted by atomic mass is 10.1. The van der Waals surface area contributed by atoms with E-state index >= 15 is 0 Å². The maximum atomic E-state index is 12.9. The van der Waals surface area contributed by atoms with Crippen molar-refractivity contribution in [2.75, 3.05) is 5.73 Å². The van der Waals surface area contributed by atoms with Gasteiger partial charge in [0, 0.05) is 0 Å². The first-order valence-corrected chi connectivity index (χ1v) is 3.83. The Balaban J connectivity index is 3.06. The molecule has 0 atom stereocenters. The Bertz CT molecular complexity index is 331. The lowest BCUT2D eigenvalue weighted by molar-refractivity contribution is -0.136. The van der Waals surface area contributed by atoms with E-state index in [0.717, 1.165) is 6.07 Å². The van der Waals surface area contributed by atoms with Crippen LogP contribution in [0.15, 0.2) is 12.1 Å². The van der Waals surface area contributed by atoms with Gasteiger partial charge < -0.3 is 10.8 Å². The molecule has 0 fully saturated rings. The van der Waals surface area contributed by atoms with Crippen molar-refractivity contribution in [3.8, 4) is 0 Å². The van der Waals surface area contributed by atoms with Crippen molar-refractivity contribution in [1.29, 1.82) is 0 Å². The summed E-state index contributed by atoms with van der Waals surface area (Å²) in [5, 5.41) is 8.46. The molecular weight excluding hydrogens is 197 g/mol. The molecule has 0 radical (unpaired) electrons. The summed E-state index contributed by atoms with van der Waals surface area (Å²) < 4.78 is 12.9. The minimum atomic E-state index is -1.04. The zero-order valence-electron chi connectivity index (χ0n) is 6.55. The second-order valence-electron chi connectivity index (χ2n) is 2.54. The summed E-state index contributed by atoms with van der Waals surface area (Å²) in [4.78, 5) is 10.3. The highest BCUT2D eigenvalue weighted by Crippen LogP contribution is 2.23. The number of nitrogens with two attached hydrogens (primary N) is 1. The smallest absolute Gasteiger partial charge is 0.307 e. The molecule has 0 aliphatic carbocycles. The standard InChI is InChI=1S/C8H7ClFNO2/c9-5-1-4(3-7(12)13)2-6(10)8(5)11/h1-2H,3,11H2,(H,12,13). The zero-order valence-corrected chi connectivity index (χ0v) is 7.31. The van der Waals surface area contributed by atoms with Gasteiger partial charge >= 0.3 is 5.97 Å². The third-order valence-corrected chi connectivity index (χ3v) is 1.81. The van der Waals surface area contributed by atoms with Crippen molar-refractivity contribution < 1.29 is 14.3 Å². The molecule has 0 saturated heterocycles. The first-order chi connectivity index (χ1) is 6.00. The molecule has 1 aromatic carbocycles. The molecule has 0 heterocycles. The first-order valence-electron chi connectivity index (χ1n) is 3.46. The van der Waals surface area contributed by atoms with E-state index < -0.39 is 11.8 Å². The number of halogens is 2. The van der Waals surface area contributed by atoms with Gasteiger partial charge in [-0.3, -0.25) is 4.79 Å². The van der Waals surface area contributed by atoms with Gasteiger partial charge in [0.2, 0.25) is 0 Å². The van der Waals surface area contributed by atoms with Gasteiger partial charge in [-0.1, -0.05) is 11.6 Å². The van der Waals surface area contributed by atoms with Crippen molar-refractivity contribution in [2.45, 2.75) is 6.42 Å². The fourth-order valence-electron chi connectivity index (χ4n) is 0.913. The van der Waals surface area contributed by atoms with E-state index in [9.17, 15) is 9.18 Å². The number of aliphatic carboxylic acids is 1. The lowest BCUT2D eigenvalue weighted by Gasteiger charge is -2.02. The fourth-order valence-corrected chi connectivity index (χ4v) is 1.14. The van der Waals surface area contributed by atoms with Crippen LogP contribution in [0.5, 0.6) is 0 Å². The summed E-state index contributed by atoms with van der Waals surface area (Å²) in [6, 6.07) is 2.41. The van der Waals surface area contributed by atoms with Crippen LogP contribution in [0.4, 0.5) is 10.1 Å². The van der Waals surface area contributed by atoms with Crippen LogP contribution < -0.4 is 5.73 Å². The van der Waals surface area contributed by atoms with Crippen LogP contribution in [0.1, 0.15) is 5.56 Å². The highest BCUT2D eigenvalue weighted by molar-refractivity contribution is 6.33. The molecule has 13 heavy (non-hydrogen) atoms. The van der Waals surface area contributed by atoms with Crippen LogP contribution in [-0.4, -0.2) is 11.1 Å². The predicted octanol–water partition coefficient (Wildman–Crippen LogP) is 1.69. The van der Waals surface area contributed by atoms with E-state index in [1.165, 1.54) is 6.07 Å². The average Bonchev–Trinajstić information content (AvgIpc) is 1.98. The molecular formula is C8H7ClFNO2. The third-order valence-electron chi connectivity index (χ3n) is 1.49. The zero-order chi connectivity index (χ0) is 10.0. The Labute approximate surface area is 78.9 Å². The van der Waals surface area contributed by atoms with Gasteiger partial charge in [0.15, 0.2) is 0 Å². The van der Waals surface area contributed by atoms with Crippen LogP contribution in [0.3, 0.4) is 0 Å². The number of benzene rings is 1. The van der Waals surface area contributed by atoms with E-state index in [2.05, 4.69) is 0 Å². The number of carboxylic acids is 1. The molecule has 0 saturated carbocycles.